The molecule has 4 aliphatic carbocycles. The average molecular weight is 531 g/mol. The van der Waals surface area contributed by atoms with Crippen molar-refractivity contribution in [3.05, 3.63) is 24.3 Å². The molecule has 2 amide bonds. The number of carbonyl (C=O) groups excluding carboxylic acids is 2. The molecule has 2 unspecified atom stereocenters. The first-order valence-electron chi connectivity index (χ1n) is 13.6. The zero-order valence-electron chi connectivity index (χ0n) is 21.5. The van der Waals surface area contributed by atoms with Crippen molar-refractivity contribution in [2.45, 2.75) is 50.2 Å². The van der Waals surface area contributed by atoms with Gasteiger partial charge in [-0.1, -0.05) is 5.16 Å². The number of fused-ring (bicyclic) bond motifs is 1. The third kappa shape index (κ3) is 4.12. The monoisotopic (exact) mass is 530 g/mol. The Hall–Kier alpha value is -3.98. The molecule has 3 N–H and O–H groups in total. The lowest BCUT2D eigenvalue weighted by molar-refractivity contribution is -0.131. The second kappa shape index (κ2) is 9.05. The van der Waals surface area contributed by atoms with E-state index in [9.17, 15) is 14.7 Å². The molecule has 3 aromatic heterocycles. The van der Waals surface area contributed by atoms with E-state index in [4.69, 9.17) is 9.78 Å². The van der Waals surface area contributed by atoms with Gasteiger partial charge in [0.15, 0.2) is 0 Å². The summed E-state index contributed by atoms with van der Waals surface area (Å²) >= 11 is 0. The molecule has 5 fully saturated rings. The topological polar surface area (TPSA) is 164 Å². The van der Waals surface area contributed by atoms with Crippen molar-refractivity contribution >= 4 is 28.5 Å². The van der Waals surface area contributed by atoms with Crippen LogP contribution in [0.25, 0.3) is 22.5 Å². The van der Waals surface area contributed by atoms with Crippen LogP contribution in [-0.2, 0) is 4.79 Å². The van der Waals surface area contributed by atoms with E-state index in [1.165, 1.54) is 0 Å². The van der Waals surface area contributed by atoms with Crippen LogP contribution in [0.3, 0.4) is 0 Å². The van der Waals surface area contributed by atoms with Gasteiger partial charge in [0.05, 0.1) is 22.9 Å². The van der Waals surface area contributed by atoms with Gasteiger partial charge in [0.2, 0.25) is 5.91 Å². The largest absolute Gasteiger partial charge is 0.390 e. The van der Waals surface area contributed by atoms with Crippen LogP contribution >= 0.6 is 0 Å². The standard InChI is InChI=1S/C27H30N8O4/c28-3-1-20(36)34-5-7-35(8-6-34)26(37)24-32-25(39-33-24)19-14-30-23-18(2-4-29-23)22(19)31-21-16-9-15-10-17(21)13-27(38,11-15)12-16/h2,4,14-17,21,38H,1,5-13H2,(H2,29,30,31)/t15?,16?,17?,21-,27+. The van der Waals surface area contributed by atoms with Crippen molar-refractivity contribution in [1.82, 2.24) is 29.9 Å². The molecule has 202 valence electrons. The molecular weight excluding hydrogens is 500 g/mol. The minimum atomic E-state index is -0.518. The Morgan fingerprint density at radius 3 is 2.64 bits per heavy atom. The Labute approximate surface area is 224 Å². The van der Waals surface area contributed by atoms with Gasteiger partial charge in [-0.2, -0.15) is 10.2 Å². The molecule has 12 nitrogen and oxygen atoms in total. The maximum Gasteiger partial charge on any atom is 0.295 e. The number of nitrogens with zero attached hydrogens (tertiary/aromatic N) is 6. The highest BCUT2D eigenvalue weighted by atomic mass is 16.5. The van der Waals surface area contributed by atoms with Crippen LogP contribution < -0.4 is 5.32 Å². The van der Waals surface area contributed by atoms with Gasteiger partial charge in [-0.3, -0.25) is 9.59 Å². The number of amides is 2. The number of aliphatic hydroxyl groups is 1. The Morgan fingerprint density at radius 2 is 1.92 bits per heavy atom. The number of H-pyrrole nitrogens is 1. The SMILES string of the molecule is N#CCC(=O)N1CCN(C(=O)c2noc(-c3cnc4[nH]ccc4c3N[C@H]3C4CC5CC3C[C@@](O)(C5)C4)n2)CC1. The summed E-state index contributed by atoms with van der Waals surface area (Å²) in [5.41, 5.74) is 1.70. The number of hydrogen-bond acceptors (Lipinski definition) is 9. The molecule has 3 aromatic rings. The number of pyridine rings is 1. The first kappa shape index (κ1) is 24.1. The van der Waals surface area contributed by atoms with Crippen molar-refractivity contribution in [3.63, 3.8) is 0 Å². The number of carbonyl (C=O) groups is 2. The first-order chi connectivity index (χ1) is 18.9. The molecule has 4 bridgehead atoms. The highest BCUT2D eigenvalue weighted by molar-refractivity contribution is 5.97. The second-order valence-electron chi connectivity index (χ2n) is 11.6. The lowest BCUT2D eigenvalue weighted by atomic mass is 9.52. The molecule has 0 radical (unpaired) electrons. The fourth-order valence-corrected chi connectivity index (χ4v) is 7.61. The van der Waals surface area contributed by atoms with Gasteiger partial charge in [-0.25, -0.2) is 4.98 Å². The Morgan fingerprint density at radius 1 is 1.18 bits per heavy atom. The van der Waals surface area contributed by atoms with Crippen LogP contribution in [0.5, 0.6) is 0 Å². The fraction of sp³-hybridized carbons (Fsp3) is 0.556. The van der Waals surface area contributed by atoms with E-state index in [1.807, 2.05) is 18.3 Å². The smallest absolute Gasteiger partial charge is 0.295 e. The van der Waals surface area contributed by atoms with Crippen molar-refractivity contribution < 1.29 is 19.2 Å². The minimum Gasteiger partial charge on any atom is -0.390 e. The Balaban J connectivity index is 1.13. The van der Waals surface area contributed by atoms with E-state index in [2.05, 4.69) is 25.4 Å². The minimum absolute atomic E-state index is 0.0428. The summed E-state index contributed by atoms with van der Waals surface area (Å²) in [7, 11) is 0. The molecule has 4 heterocycles. The van der Waals surface area contributed by atoms with E-state index in [1.54, 1.807) is 16.0 Å². The van der Waals surface area contributed by atoms with Gasteiger partial charge in [-0.15, -0.1) is 0 Å². The van der Waals surface area contributed by atoms with E-state index in [0.29, 0.717) is 49.5 Å². The van der Waals surface area contributed by atoms with Gasteiger partial charge >= 0.3 is 0 Å². The predicted octanol–water partition coefficient (Wildman–Crippen LogP) is 2.16. The number of nitriles is 1. The maximum atomic E-state index is 13.1. The van der Waals surface area contributed by atoms with Gasteiger partial charge in [0.25, 0.3) is 17.6 Å². The van der Waals surface area contributed by atoms with Crippen molar-refractivity contribution in [3.8, 4) is 17.5 Å². The highest BCUT2D eigenvalue weighted by Crippen LogP contribution is 2.56. The third-order valence-corrected chi connectivity index (χ3v) is 9.14. The Kier molecular flexibility index (Phi) is 5.59. The van der Waals surface area contributed by atoms with Crippen molar-refractivity contribution in [2.24, 2.45) is 17.8 Å². The average Bonchev–Trinajstić information content (AvgIpc) is 3.60. The van der Waals surface area contributed by atoms with Crippen LogP contribution in [-0.4, -0.2) is 84.7 Å². The zero-order valence-corrected chi connectivity index (χ0v) is 21.5. The number of aromatic amines is 1. The van der Waals surface area contributed by atoms with E-state index >= 15 is 0 Å². The number of piperazine rings is 1. The van der Waals surface area contributed by atoms with Crippen LogP contribution in [0, 0.1) is 29.1 Å². The molecule has 12 heteroatoms. The summed E-state index contributed by atoms with van der Waals surface area (Å²) in [5.74, 6) is 0.972. The number of nitrogens with one attached hydrogen (secondary N) is 2. The first-order valence-corrected chi connectivity index (χ1v) is 13.6. The molecule has 5 aliphatic rings. The van der Waals surface area contributed by atoms with E-state index < -0.39 is 5.60 Å². The van der Waals surface area contributed by atoms with Crippen LogP contribution in [0.1, 0.15) is 49.1 Å². The predicted molar refractivity (Wildman–Crippen MR) is 138 cm³/mol. The second-order valence-corrected chi connectivity index (χ2v) is 11.6. The van der Waals surface area contributed by atoms with Gasteiger partial charge in [-0.05, 0) is 55.9 Å². The van der Waals surface area contributed by atoms with E-state index in [-0.39, 0.29) is 36.0 Å². The molecule has 2 atom stereocenters. The summed E-state index contributed by atoms with van der Waals surface area (Å²) in [6.07, 6.45) is 8.19. The lowest BCUT2D eigenvalue weighted by Crippen LogP contribution is -2.59. The summed E-state index contributed by atoms with van der Waals surface area (Å²) in [4.78, 5) is 40.5. The number of aromatic nitrogens is 4. The lowest BCUT2D eigenvalue weighted by Gasteiger charge is -2.58. The summed E-state index contributed by atoms with van der Waals surface area (Å²) in [5, 5.41) is 28.5. The highest BCUT2D eigenvalue weighted by Gasteiger charge is 2.54. The molecular formula is C27H30N8O4. The summed E-state index contributed by atoms with van der Waals surface area (Å²) in [6, 6.07) is 4.06. The molecule has 1 saturated heterocycles. The molecule has 1 aliphatic heterocycles. The summed E-state index contributed by atoms with van der Waals surface area (Å²) < 4.78 is 5.60. The normalized spacial score (nSPS) is 29.5. The summed E-state index contributed by atoms with van der Waals surface area (Å²) in [6.45, 7) is 1.39. The Bertz CT molecular complexity index is 1470. The fourth-order valence-electron chi connectivity index (χ4n) is 7.61. The number of rotatable bonds is 5. The van der Waals surface area contributed by atoms with Gasteiger partial charge in [0.1, 0.15) is 12.1 Å². The van der Waals surface area contributed by atoms with Gasteiger partial charge < -0.3 is 29.7 Å². The van der Waals surface area contributed by atoms with Crippen LogP contribution in [0.15, 0.2) is 23.0 Å². The molecule has 4 saturated carbocycles. The van der Waals surface area contributed by atoms with Crippen LogP contribution in [0.4, 0.5) is 5.69 Å². The third-order valence-electron chi connectivity index (χ3n) is 9.14. The van der Waals surface area contributed by atoms with Crippen molar-refractivity contribution in [1.29, 1.82) is 5.26 Å². The molecule has 39 heavy (non-hydrogen) atoms. The quantitative estimate of drug-likeness (QED) is 0.448. The van der Waals surface area contributed by atoms with Crippen LogP contribution in [0.2, 0.25) is 0 Å². The number of hydrogen-bond donors (Lipinski definition) is 3. The molecule has 0 spiro atoms. The molecule has 8 rings (SSSR count). The molecule has 0 aromatic carbocycles. The maximum absolute atomic E-state index is 13.1. The van der Waals surface area contributed by atoms with E-state index in [0.717, 1.165) is 48.8 Å². The number of anilines is 1. The van der Waals surface area contributed by atoms with Crippen molar-refractivity contribution in [2.75, 3.05) is 31.5 Å². The van der Waals surface area contributed by atoms with Gasteiger partial charge in [0, 0.05) is 50.0 Å². The zero-order chi connectivity index (χ0) is 26.7.